The van der Waals surface area contributed by atoms with Gasteiger partial charge >= 0.3 is 0 Å². The van der Waals surface area contributed by atoms with Crippen LogP contribution in [0.1, 0.15) is 5.56 Å². The van der Waals surface area contributed by atoms with Crippen molar-refractivity contribution < 1.29 is 13.2 Å². The molecule has 7 heteroatoms. The van der Waals surface area contributed by atoms with Crippen molar-refractivity contribution in [2.24, 2.45) is 5.10 Å². The second kappa shape index (κ2) is 6.62. The van der Waals surface area contributed by atoms with Gasteiger partial charge in [0.1, 0.15) is 17.5 Å². The maximum atomic E-state index is 13.5. The molecule has 1 N–H and O–H groups in total. The average molecular weight is 333 g/mol. The summed E-state index contributed by atoms with van der Waals surface area (Å²) in [6.45, 7) is 0. The number of hydrogen-bond donors (Lipinski definition) is 1. The molecule has 0 aliphatic rings. The molecule has 3 rings (SSSR count). The summed E-state index contributed by atoms with van der Waals surface area (Å²) < 4.78 is 39.7. The molecular weight excluding hydrogens is 323 g/mol. The van der Waals surface area contributed by atoms with Crippen LogP contribution in [0.2, 0.25) is 0 Å². The molecule has 116 valence electrons. The second-order valence-electron chi connectivity index (χ2n) is 4.56. The summed E-state index contributed by atoms with van der Waals surface area (Å²) in [5.74, 6) is -3.01. The Morgan fingerprint density at radius 2 is 1.74 bits per heavy atom. The molecule has 0 saturated carbocycles. The zero-order chi connectivity index (χ0) is 16.2. The van der Waals surface area contributed by atoms with Crippen LogP contribution in [-0.2, 0) is 0 Å². The van der Waals surface area contributed by atoms with Gasteiger partial charge in [0.05, 0.1) is 17.5 Å². The minimum Gasteiger partial charge on any atom is -0.253 e. The third-order valence-corrected chi connectivity index (χ3v) is 3.72. The highest BCUT2D eigenvalue weighted by atomic mass is 32.1. The number of rotatable bonds is 4. The zero-order valence-electron chi connectivity index (χ0n) is 11.6. The number of aromatic nitrogens is 1. The lowest BCUT2D eigenvalue weighted by Gasteiger charge is -1.99. The van der Waals surface area contributed by atoms with Crippen molar-refractivity contribution in [1.29, 1.82) is 0 Å². The van der Waals surface area contributed by atoms with Crippen molar-refractivity contribution in [3.05, 3.63) is 70.9 Å². The van der Waals surface area contributed by atoms with Crippen molar-refractivity contribution in [2.75, 3.05) is 5.43 Å². The van der Waals surface area contributed by atoms with Crippen LogP contribution >= 0.6 is 11.3 Å². The van der Waals surface area contributed by atoms with E-state index >= 15 is 0 Å². The van der Waals surface area contributed by atoms with Gasteiger partial charge in [-0.3, -0.25) is 5.43 Å². The molecule has 0 radical (unpaired) electrons. The van der Waals surface area contributed by atoms with E-state index in [1.165, 1.54) is 11.3 Å². The molecule has 0 bridgehead atoms. The van der Waals surface area contributed by atoms with Crippen LogP contribution in [0.25, 0.3) is 11.3 Å². The van der Waals surface area contributed by atoms with Gasteiger partial charge in [-0.2, -0.15) is 5.10 Å². The molecule has 3 nitrogen and oxygen atoms in total. The highest BCUT2D eigenvalue weighted by Gasteiger charge is 2.09. The Hall–Kier alpha value is -2.67. The minimum absolute atomic E-state index is 0.418. The fourth-order valence-electron chi connectivity index (χ4n) is 1.90. The van der Waals surface area contributed by atoms with E-state index in [0.717, 1.165) is 17.5 Å². The lowest BCUT2D eigenvalue weighted by Crippen LogP contribution is -1.98. The fraction of sp³-hybridized carbons (Fsp3) is 0. The molecule has 0 unspecified atom stereocenters. The molecule has 0 aliphatic carbocycles. The molecule has 0 saturated heterocycles. The summed E-state index contributed by atoms with van der Waals surface area (Å²) in [6.07, 6.45) is 0.952. The highest BCUT2D eigenvalue weighted by molar-refractivity contribution is 7.14. The number of nitrogens with one attached hydrogen (secondary N) is 1. The Bertz CT molecular complexity index is 824. The molecule has 0 atom stereocenters. The van der Waals surface area contributed by atoms with Gasteiger partial charge in [-0.15, -0.1) is 11.3 Å². The van der Waals surface area contributed by atoms with E-state index in [1.807, 2.05) is 35.7 Å². The van der Waals surface area contributed by atoms with Gasteiger partial charge in [0, 0.05) is 23.1 Å². The molecule has 0 fully saturated rings. The number of hydrogen-bond acceptors (Lipinski definition) is 4. The summed E-state index contributed by atoms with van der Waals surface area (Å²) in [5, 5.41) is 6.06. The molecule has 0 spiro atoms. The van der Waals surface area contributed by atoms with Crippen molar-refractivity contribution in [2.45, 2.75) is 0 Å². The van der Waals surface area contributed by atoms with Crippen LogP contribution in [0.3, 0.4) is 0 Å². The monoisotopic (exact) mass is 333 g/mol. The zero-order valence-corrected chi connectivity index (χ0v) is 12.4. The molecule has 3 aromatic rings. The first-order chi connectivity index (χ1) is 11.1. The number of halogens is 3. The van der Waals surface area contributed by atoms with Gasteiger partial charge in [0.2, 0.25) is 5.13 Å². The summed E-state index contributed by atoms with van der Waals surface area (Å²) >= 11 is 1.31. The van der Waals surface area contributed by atoms with E-state index in [4.69, 9.17) is 0 Å². The van der Waals surface area contributed by atoms with Crippen molar-refractivity contribution in [3.8, 4) is 11.3 Å². The molecule has 0 amide bonds. The van der Waals surface area contributed by atoms with E-state index in [9.17, 15) is 13.2 Å². The van der Waals surface area contributed by atoms with Crippen molar-refractivity contribution in [3.63, 3.8) is 0 Å². The second-order valence-corrected chi connectivity index (χ2v) is 5.42. The van der Waals surface area contributed by atoms with Gasteiger partial charge in [0.15, 0.2) is 0 Å². The van der Waals surface area contributed by atoms with E-state index in [-0.39, 0.29) is 0 Å². The van der Waals surface area contributed by atoms with Crippen molar-refractivity contribution in [1.82, 2.24) is 4.98 Å². The standard InChI is InChI=1S/C16H10F3N3S/c17-11-6-13(18)12(14(19)7-11)8-20-22-16-21-15(9-23-16)10-4-2-1-3-5-10/h1-9H,(H,21,22). The molecule has 1 aromatic heterocycles. The average Bonchev–Trinajstić information content (AvgIpc) is 2.99. The predicted molar refractivity (Wildman–Crippen MR) is 85.1 cm³/mol. The Morgan fingerprint density at radius 3 is 2.43 bits per heavy atom. The van der Waals surface area contributed by atoms with Crippen LogP contribution < -0.4 is 5.43 Å². The third kappa shape index (κ3) is 3.57. The maximum Gasteiger partial charge on any atom is 0.203 e. The topological polar surface area (TPSA) is 37.3 Å². The van der Waals surface area contributed by atoms with E-state index < -0.39 is 23.0 Å². The smallest absolute Gasteiger partial charge is 0.203 e. The first-order valence-electron chi connectivity index (χ1n) is 6.58. The number of anilines is 1. The minimum atomic E-state index is -1.02. The summed E-state index contributed by atoms with van der Waals surface area (Å²) in [7, 11) is 0. The first-order valence-corrected chi connectivity index (χ1v) is 7.46. The fourth-order valence-corrected chi connectivity index (χ4v) is 2.56. The SMILES string of the molecule is Fc1cc(F)c(C=NNc2nc(-c3ccccc3)cs2)c(F)c1. The van der Waals surface area contributed by atoms with Crippen LogP contribution in [-0.4, -0.2) is 11.2 Å². The largest absolute Gasteiger partial charge is 0.253 e. The van der Waals surface area contributed by atoms with Crippen LogP contribution in [0.15, 0.2) is 52.9 Å². The first kappa shape index (κ1) is 15.2. The number of benzene rings is 2. The Balaban J connectivity index is 1.73. The molecule has 23 heavy (non-hydrogen) atoms. The lowest BCUT2D eigenvalue weighted by molar-refractivity contribution is 0.541. The maximum absolute atomic E-state index is 13.5. The highest BCUT2D eigenvalue weighted by Crippen LogP contribution is 2.24. The van der Waals surface area contributed by atoms with Crippen LogP contribution in [0, 0.1) is 17.5 Å². The molecule has 2 aromatic carbocycles. The van der Waals surface area contributed by atoms with Gasteiger partial charge < -0.3 is 0 Å². The Kier molecular flexibility index (Phi) is 4.38. The Morgan fingerprint density at radius 1 is 1.04 bits per heavy atom. The Labute approximate surface area is 134 Å². The lowest BCUT2D eigenvalue weighted by atomic mass is 10.2. The summed E-state index contributed by atoms with van der Waals surface area (Å²) in [4.78, 5) is 4.32. The summed E-state index contributed by atoms with van der Waals surface area (Å²) in [5.41, 5.74) is 3.91. The number of nitrogens with zero attached hydrogens (tertiary/aromatic N) is 2. The summed E-state index contributed by atoms with van der Waals surface area (Å²) in [6, 6.07) is 10.8. The molecule has 0 aliphatic heterocycles. The molecule has 1 heterocycles. The van der Waals surface area contributed by atoms with Gasteiger partial charge in [0.25, 0.3) is 0 Å². The quantitative estimate of drug-likeness (QED) is 0.556. The van der Waals surface area contributed by atoms with Crippen LogP contribution in [0.5, 0.6) is 0 Å². The van der Waals surface area contributed by atoms with Gasteiger partial charge in [-0.25, -0.2) is 18.2 Å². The molecular formula is C16H10F3N3S. The number of thiazole rings is 1. The van der Waals surface area contributed by atoms with Gasteiger partial charge in [-0.1, -0.05) is 30.3 Å². The van der Waals surface area contributed by atoms with Crippen molar-refractivity contribution >= 4 is 22.7 Å². The third-order valence-electron chi connectivity index (χ3n) is 2.97. The van der Waals surface area contributed by atoms with E-state index in [0.29, 0.717) is 17.3 Å². The number of hydrazone groups is 1. The van der Waals surface area contributed by atoms with E-state index in [2.05, 4.69) is 15.5 Å². The van der Waals surface area contributed by atoms with E-state index in [1.54, 1.807) is 0 Å². The normalized spacial score (nSPS) is 11.1. The van der Waals surface area contributed by atoms with Crippen LogP contribution in [0.4, 0.5) is 18.3 Å². The predicted octanol–water partition coefficient (Wildman–Crippen LogP) is 4.67. The van der Waals surface area contributed by atoms with Gasteiger partial charge in [-0.05, 0) is 0 Å².